The average Bonchev–Trinajstić information content (AvgIpc) is 3.22. The molecule has 1 atom stereocenters. The Kier molecular flexibility index (Phi) is 5.27. The van der Waals surface area contributed by atoms with Crippen molar-refractivity contribution in [1.29, 1.82) is 0 Å². The molecule has 1 aliphatic carbocycles. The van der Waals surface area contributed by atoms with Crippen molar-refractivity contribution in [2.75, 3.05) is 20.1 Å². The van der Waals surface area contributed by atoms with Gasteiger partial charge in [0.25, 0.3) is 0 Å². The van der Waals surface area contributed by atoms with Gasteiger partial charge in [0, 0.05) is 19.1 Å². The van der Waals surface area contributed by atoms with Gasteiger partial charge in [0.2, 0.25) is 0 Å². The van der Waals surface area contributed by atoms with Crippen molar-refractivity contribution in [2.45, 2.75) is 44.4 Å². The Hall–Kier alpha value is -1.07. The van der Waals surface area contributed by atoms with Crippen molar-refractivity contribution in [3.8, 4) is 0 Å². The molecule has 1 unspecified atom stereocenters. The smallest absolute Gasteiger partial charge is 0.319 e. The summed E-state index contributed by atoms with van der Waals surface area (Å²) in [7, 11) is 1.91. The highest BCUT2D eigenvalue weighted by atomic mass is 19.4. The van der Waals surface area contributed by atoms with Gasteiger partial charge in [-0.05, 0) is 36.9 Å². The highest BCUT2D eigenvalue weighted by Gasteiger charge is 2.37. The third-order valence-electron chi connectivity index (χ3n) is 3.89. The van der Waals surface area contributed by atoms with Gasteiger partial charge in [-0.25, -0.2) is 0 Å². The molecule has 1 fully saturated rings. The predicted molar refractivity (Wildman–Crippen MR) is 78.3 cm³/mol. The molecule has 0 saturated heterocycles. The van der Waals surface area contributed by atoms with Gasteiger partial charge < -0.3 is 5.32 Å². The van der Waals surface area contributed by atoms with Crippen LogP contribution in [0.25, 0.3) is 0 Å². The fourth-order valence-corrected chi connectivity index (χ4v) is 2.59. The molecule has 1 aromatic rings. The van der Waals surface area contributed by atoms with Gasteiger partial charge in [-0.1, -0.05) is 31.2 Å². The van der Waals surface area contributed by atoms with Crippen molar-refractivity contribution in [2.24, 2.45) is 0 Å². The zero-order valence-corrected chi connectivity index (χ0v) is 12.6. The Morgan fingerprint density at radius 1 is 1.24 bits per heavy atom. The normalized spacial score (nSPS) is 17.2. The second-order valence-electron chi connectivity index (χ2n) is 5.95. The number of rotatable bonds is 7. The number of nitrogens with zero attached hydrogens (tertiary/aromatic N) is 1. The Morgan fingerprint density at radius 3 is 2.33 bits per heavy atom. The summed E-state index contributed by atoms with van der Waals surface area (Å²) >= 11 is 0. The number of hydrogen-bond acceptors (Lipinski definition) is 2. The Bertz CT molecular complexity index is 438. The third-order valence-corrected chi connectivity index (χ3v) is 3.89. The van der Waals surface area contributed by atoms with E-state index in [-0.39, 0.29) is 6.04 Å². The molecule has 1 aromatic carbocycles. The van der Waals surface area contributed by atoms with E-state index in [1.54, 1.807) is 4.90 Å². The van der Waals surface area contributed by atoms with Crippen LogP contribution in [0.4, 0.5) is 13.2 Å². The average molecular weight is 300 g/mol. The van der Waals surface area contributed by atoms with Crippen LogP contribution in [0.5, 0.6) is 0 Å². The van der Waals surface area contributed by atoms with E-state index in [0.29, 0.717) is 12.5 Å². The molecule has 2 nitrogen and oxygen atoms in total. The summed E-state index contributed by atoms with van der Waals surface area (Å²) in [6.45, 7) is 2.59. The largest absolute Gasteiger partial charge is 0.401 e. The molecule has 0 aliphatic heterocycles. The number of benzene rings is 1. The standard InChI is InChI=1S/C16H23F3N2/c1-12(9-20-2)14-5-3-13(4-6-14)10-21(15-7-8-15)11-16(17,18)19/h3-6,12,15,20H,7-11H2,1-2H3. The number of halogens is 3. The molecule has 0 radical (unpaired) electrons. The van der Waals surface area contributed by atoms with E-state index >= 15 is 0 Å². The molecule has 0 bridgehead atoms. The molecule has 118 valence electrons. The van der Waals surface area contributed by atoms with Gasteiger partial charge in [0.05, 0.1) is 6.54 Å². The van der Waals surface area contributed by atoms with Crippen LogP contribution in [0.2, 0.25) is 0 Å². The molecule has 0 amide bonds. The minimum Gasteiger partial charge on any atom is -0.319 e. The molecule has 1 saturated carbocycles. The van der Waals surface area contributed by atoms with Crippen LogP contribution >= 0.6 is 0 Å². The first-order valence-electron chi connectivity index (χ1n) is 7.43. The Morgan fingerprint density at radius 2 is 1.86 bits per heavy atom. The van der Waals surface area contributed by atoms with E-state index in [0.717, 1.165) is 24.9 Å². The third kappa shape index (κ3) is 5.32. The van der Waals surface area contributed by atoms with E-state index in [4.69, 9.17) is 0 Å². The monoisotopic (exact) mass is 300 g/mol. The van der Waals surface area contributed by atoms with Crippen LogP contribution < -0.4 is 5.32 Å². The van der Waals surface area contributed by atoms with Gasteiger partial charge in [-0.2, -0.15) is 13.2 Å². The molecule has 21 heavy (non-hydrogen) atoms. The van der Waals surface area contributed by atoms with Crippen molar-refractivity contribution in [1.82, 2.24) is 10.2 Å². The second-order valence-corrected chi connectivity index (χ2v) is 5.95. The van der Waals surface area contributed by atoms with Crippen molar-refractivity contribution >= 4 is 0 Å². The quantitative estimate of drug-likeness (QED) is 0.828. The first kappa shape index (κ1) is 16.3. The van der Waals surface area contributed by atoms with Gasteiger partial charge in [-0.15, -0.1) is 0 Å². The molecule has 0 spiro atoms. The zero-order chi connectivity index (χ0) is 15.5. The molecule has 5 heteroatoms. The summed E-state index contributed by atoms with van der Waals surface area (Å²) < 4.78 is 37.8. The lowest BCUT2D eigenvalue weighted by Crippen LogP contribution is -2.35. The fraction of sp³-hybridized carbons (Fsp3) is 0.625. The summed E-state index contributed by atoms with van der Waals surface area (Å²) in [4.78, 5) is 1.55. The minimum absolute atomic E-state index is 0.106. The maximum absolute atomic E-state index is 12.6. The lowest BCUT2D eigenvalue weighted by Gasteiger charge is -2.23. The maximum atomic E-state index is 12.6. The summed E-state index contributed by atoms with van der Waals surface area (Å²) in [5.74, 6) is 0.402. The van der Waals surface area contributed by atoms with Crippen LogP contribution in [-0.4, -0.2) is 37.3 Å². The molecular weight excluding hydrogens is 277 g/mol. The number of nitrogens with one attached hydrogen (secondary N) is 1. The highest BCUT2D eigenvalue weighted by Crippen LogP contribution is 2.31. The summed E-state index contributed by atoms with van der Waals surface area (Å²) in [5.41, 5.74) is 2.16. The highest BCUT2D eigenvalue weighted by molar-refractivity contribution is 5.25. The van der Waals surface area contributed by atoms with Gasteiger partial charge in [-0.3, -0.25) is 4.90 Å². The van der Waals surface area contributed by atoms with Crippen LogP contribution in [0, 0.1) is 0 Å². The molecule has 0 heterocycles. The fourth-order valence-electron chi connectivity index (χ4n) is 2.59. The zero-order valence-electron chi connectivity index (χ0n) is 12.6. The number of alkyl halides is 3. The summed E-state index contributed by atoms with van der Waals surface area (Å²) in [6, 6.07) is 8.06. The lowest BCUT2D eigenvalue weighted by molar-refractivity contribution is -0.148. The van der Waals surface area contributed by atoms with Gasteiger partial charge in [0.1, 0.15) is 0 Å². The predicted octanol–water partition coefficient (Wildman–Crippen LogP) is 3.54. The maximum Gasteiger partial charge on any atom is 0.401 e. The molecular formula is C16H23F3N2. The van der Waals surface area contributed by atoms with Crippen LogP contribution in [0.3, 0.4) is 0 Å². The van der Waals surface area contributed by atoms with Crippen molar-refractivity contribution in [3.63, 3.8) is 0 Å². The molecule has 0 aromatic heterocycles. The van der Waals surface area contributed by atoms with Gasteiger partial charge in [0.15, 0.2) is 0 Å². The van der Waals surface area contributed by atoms with Crippen LogP contribution in [0.1, 0.15) is 36.8 Å². The Balaban J connectivity index is 1.97. The van der Waals surface area contributed by atoms with Crippen molar-refractivity contribution < 1.29 is 13.2 Å². The minimum atomic E-state index is -4.12. The van der Waals surface area contributed by atoms with Crippen molar-refractivity contribution in [3.05, 3.63) is 35.4 Å². The van der Waals surface area contributed by atoms with E-state index in [1.165, 1.54) is 5.56 Å². The van der Waals surface area contributed by atoms with E-state index < -0.39 is 12.7 Å². The topological polar surface area (TPSA) is 15.3 Å². The molecule has 1 aliphatic rings. The second kappa shape index (κ2) is 6.79. The lowest BCUT2D eigenvalue weighted by atomic mass is 10.00. The van der Waals surface area contributed by atoms with Crippen LogP contribution in [0.15, 0.2) is 24.3 Å². The number of likely N-dealkylation sites (N-methyl/N-ethyl adjacent to an activating group) is 1. The molecule has 1 N–H and O–H groups in total. The van der Waals surface area contributed by atoms with E-state index in [2.05, 4.69) is 12.2 Å². The number of hydrogen-bond donors (Lipinski definition) is 1. The first-order valence-corrected chi connectivity index (χ1v) is 7.43. The SMILES string of the molecule is CNCC(C)c1ccc(CN(CC(F)(F)F)C2CC2)cc1. The Labute approximate surface area is 124 Å². The van der Waals surface area contributed by atoms with E-state index in [9.17, 15) is 13.2 Å². The van der Waals surface area contributed by atoms with Gasteiger partial charge >= 0.3 is 6.18 Å². The first-order chi connectivity index (χ1) is 9.89. The summed E-state index contributed by atoms with van der Waals surface area (Å²) in [6.07, 6.45) is -2.36. The van der Waals surface area contributed by atoms with Crippen LogP contribution in [-0.2, 0) is 6.54 Å². The molecule has 2 rings (SSSR count). The summed E-state index contributed by atoms with van der Waals surface area (Å²) in [5, 5.41) is 3.13. The van der Waals surface area contributed by atoms with E-state index in [1.807, 2.05) is 31.3 Å².